The van der Waals surface area contributed by atoms with Gasteiger partial charge in [0, 0.05) is 11.5 Å². The van der Waals surface area contributed by atoms with Crippen LogP contribution >= 0.6 is 11.5 Å². The summed E-state index contributed by atoms with van der Waals surface area (Å²) in [5.41, 5.74) is 5.75. The highest BCUT2D eigenvalue weighted by Gasteiger charge is 1.98. The summed E-state index contributed by atoms with van der Waals surface area (Å²) in [4.78, 5) is 0. The van der Waals surface area contributed by atoms with E-state index in [1.807, 2.05) is 0 Å². The molecule has 5 heteroatoms. The lowest BCUT2D eigenvalue weighted by Crippen LogP contribution is -1.89. The van der Waals surface area contributed by atoms with Crippen molar-refractivity contribution in [2.75, 3.05) is 5.73 Å². The first-order chi connectivity index (χ1) is 3.84. The highest BCUT2D eigenvalue weighted by molar-refractivity contribution is 7.09. The van der Waals surface area contributed by atoms with Crippen molar-refractivity contribution in [1.29, 1.82) is 0 Å². The molecular formula is C3H5N3OS. The second kappa shape index (κ2) is 2.06. The summed E-state index contributed by atoms with van der Waals surface area (Å²) < 4.78 is 3.50. The number of aliphatic hydroxyl groups is 1. The summed E-state index contributed by atoms with van der Waals surface area (Å²) in [5.74, 6) is 0. The predicted molar refractivity (Wildman–Crippen MR) is 30.2 cm³/mol. The highest BCUT2D eigenvalue weighted by atomic mass is 32.1. The van der Waals surface area contributed by atoms with Crippen molar-refractivity contribution in [3.8, 4) is 0 Å². The van der Waals surface area contributed by atoms with E-state index in [2.05, 4.69) is 9.59 Å². The van der Waals surface area contributed by atoms with Gasteiger partial charge in [0.1, 0.15) is 10.7 Å². The largest absolute Gasteiger partial charge is 0.390 e. The second-order valence-corrected chi connectivity index (χ2v) is 2.03. The molecule has 0 radical (unpaired) electrons. The first-order valence-corrected chi connectivity index (χ1v) is 2.79. The zero-order valence-electron chi connectivity index (χ0n) is 4.03. The lowest BCUT2D eigenvalue weighted by molar-refractivity contribution is 0.277. The molecule has 0 unspecified atom stereocenters. The fourth-order valence-electron chi connectivity index (χ4n) is 0.325. The summed E-state index contributed by atoms with van der Waals surface area (Å²) >= 11 is 1.09. The van der Waals surface area contributed by atoms with E-state index in [1.165, 1.54) is 0 Å². The molecule has 0 fully saturated rings. The fraction of sp³-hybridized carbons (Fsp3) is 0.333. The molecule has 0 atom stereocenters. The van der Waals surface area contributed by atoms with Crippen molar-refractivity contribution in [3.05, 3.63) is 5.69 Å². The summed E-state index contributed by atoms with van der Waals surface area (Å²) in [5, 5.41) is 12.5. The van der Waals surface area contributed by atoms with Crippen molar-refractivity contribution >= 4 is 16.5 Å². The summed E-state index contributed by atoms with van der Waals surface area (Å²) in [6.07, 6.45) is 0. The topological polar surface area (TPSA) is 72.0 Å². The number of hydrogen-bond acceptors (Lipinski definition) is 5. The van der Waals surface area contributed by atoms with Crippen LogP contribution in [0.25, 0.3) is 0 Å². The van der Waals surface area contributed by atoms with Crippen LogP contribution in [-0.4, -0.2) is 14.7 Å². The molecule has 0 spiro atoms. The minimum atomic E-state index is -0.123. The zero-order chi connectivity index (χ0) is 5.98. The van der Waals surface area contributed by atoms with E-state index in [9.17, 15) is 0 Å². The van der Waals surface area contributed by atoms with Crippen LogP contribution in [0.2, 0.25) is 0 Å². The highest BCUT2D eigenvalue weighted by Crippen LogP contribution is 2.10. The van der Waals surface area contributed by atoms with Gasteiger partial charge in [-0.15, -0.1) is 5.10 Å². The minimum absolute atomic E-state index is 0.123. The number of hydrogen-bond donors (Lipinski definition) is 2. The number of aromatic nitrogens is 2. The Hall–Kier alpha value is -0.680. The molecule has 1 rings (SSSR count). The Morgan fingerprint density at radius 3 is 2.75 bits per heavy atom. The molecule has 8 heavy (non-hydrogen) atoms. The van der Waals surface area contributed by atoms with Crippen LogP contribution in [-0.2, 0) is 6.61 Å². The van der Waals surface area contributed by atoms with E-state index in [1.54, 1.807) is 0 Å². The molecule has 0 aliphatic rings. The van der Waals surface area contributed by atoms with Crippen LogP contribution < -0.4 is 5.73 Å². The van der Waals surface area contributed by atoms with Gasteiger partial charge in [-0.1, -0.05) is 4.49 Å². The molecule has 0 aromatic carbocycles. The molecule has 1 heterocycles. The Labute approximate surface area is 50.1 Å². The average Bonchev–Trinajstić information content (AvgIpc) is 2.14. The van der Waals surface area contributed by atoms with Crippen LogP contribution in [0.5, 0.6) is 0 Å². The van der Waals surface area contributed by atoms with Crippen molar-refractivity contribution < 1.29 is 5.11 Å². The van der Waals surface area contributed by atoms with Gasteiger partial charge in [-0.3, -0.25) is 0 Å². The molecule has 3 N–H and O–H groups in total. The third kappa shape index (κ3) is 0.775. The normalized spacial score (nSPS) is 9.62. The number of aliphatic hydroxyl groups excluding tert-OH is 1. The fourth-order valence-corrected chi connectivity index (χ4v) is 0.763. The van der Waals surface area contributed by atoms with Crippen molar-refractivity contribution in [1.82, 2.24) is 9.59 Å². The van der Waals surface area contributed by atoms with Gasteiger partial charge < -0.3 is 10.8 Å². The smallest absolute Gasteiger partial charge is 0.133 e. The van der Waals surface area contributed by atoms with Crippen LogP contribution in [0.15, 0.2) is 0 Å². The number of nitrogens with two attached hydrogens (primary N) is 1. The molecule has 0 amide bonds. The van der Waals surface area contributed by atoms with Gasteiger partial charge in [-0.05, 0) is 0 Å². The third-order valence-corrected chi connectivity index (χ3v) is 1.33. The first kappa shape index (κ1) is 5.46. The number of nitrogen functional groups attached to an aromatic ring is 1. The van der Waals surface area contributed by atoms with E-state index in [0.717, 1.165) is 11.5 Å². The van der Waals surface area contributed by atoms with Crippen molar-refractivity contribution in [2.24, 2.45) is 0 Å². The van der Waals surface area contributed by atoms with Gasteiger partial charge in [-0.2, -0.15) is 0 Å². The average molecular weight is 131 g/mol. The summed E-state index contributed by atoms with van der Waals surface area (Å²) in [6.45, 7) is -0.123. The Bertz CT molecular complexity index is 175. The standard InChI is InChI=1S/C3H5N3OS/c4-3-2(1-7)5-6-8-3/h7H,1,4H2. The monoisotopic (exact) mass is 131 g/mol. The van der Waals surface area contributed by atoms with Crippen LogP contribution in [0.1, 0.15) is 5.69 Å². The molecule has 0 saturated carbocycles. The van der Waals surface area contributed by atoms with E-state index in [4.69, 9.17) is 10.8 Å². The van der Waals surface area contributed by atoms with E-state index < -0.39 is 0 Å². The number of anilines is 1. The summed E-state index contributed by atoms with van der Waals surface area (Å²) in [7, 11) is 0. The quantitative estimate of drug-likeness (QED) is 0.544. The molecular weight excluding hydrogens is 126 g/mol. The van der Waals surface area contributed by atoms with E-state index >= 15 is 0 Å². The maximum Gasteiger partial charge on any atom is 0.133 e. The van der Waals surface area contributed by atoms with Gasteiger partial charge >= 0.3 is 0 Å². The molecule has 1 aromatic rings. The third-order valence-electron chi connectivity index (χ3n) is 0.735. The Morgan fingerprint density at radius 1 is 1.75 bits per heavy atom. The first-order valence-electron chi connectivity index (χ1n) is 2.02. The van der Waals surface area contributed by atoms with Crippen molar-refractivity contribution in [2.45, 2.75) is 6.61 Å². The SMILES string of the molecule is Nc1snnc1CO. The maximum absolute atomic E-state index is 8.43. The summed E-state index contributed by atoms with van der Waals surface area (Å²) in [6, 6.07) is 0. The Morgan fingerprint density at radius 2 is 2.50 bits per heavy atom. The maximum atomic E-state index is 8.43. The van der Waals surface area contributed by atoms with Crippen molar-refractivity contribution in [3.63, 3.8) is 0 Å². The molecule has 0 saturated heterocycles. The van der Waals surface area contributed by atoms with Gasteiger partial charge in [-0.25, -0.2) is 0 Å². The lowest BCUT2D eigenvalue weighted by atomic mass is 10.5. The lowest BCUT2D eigenvalue weighted by Gasteiger charge is -1.83. The minimum Gasteiger partial charge on any atom is -0.390 e. The predicted octanol–water partition coefficient (Wildman–Crippen LogP) is -0.387. The zero-order valence-corrected chi connectivity index (χ0v) is 4.85. The van der Waals surface area contributed by atoms with Gasteiger partial charge in [0.25, 0.3) is 0 Å². The number of rotatable bonds is 1. The van der Waals surface area contributed by atoms with Gasteiger partial charge in [0.2, 0.25) is 0 Å². The van der Waals surface area contributed by atoms with Crippen LogP contribution in [0.3, 0.4) is 0 Å². The molecule has 1 aromatic heterocycles. The van der Waals surface area contributed by atoms with E-state index in [0.29, 0.717) is 10.7 Å². The Balaban J connectivity index is 2.92. The molecule has 0 aliphatic heterocycles. The van der Waals surface area contributed by atoms with Gasteiger partial charge in [0.15, 0.2) is 0 Å². The van der Waals surface area contributed by atoms with Crippen LogP contribution in [0, 0.1) is 0 Å². The van der Waals surface area contributed by atoms with Gasteiger partial charge in [0.05, 0.1) is 6.61 Å². The second-order valence-electron chi connectivity index (χ2n) is 1.24. The van der Waals surface area contributed by atoms with Crippen LogP contribution in [0.4, 0.5) is 5.00 Å². The number of nitrogens with zero attached hydrogens (tertiary/aromatic N) is 2. The Kier molecular flexibility index (Phi) is 1.40. The molecule has 44 valence electrons. The van der Waals surface area contributed by atoms with E-state index in [-0.39, 0.29) is 6.61 Å². The molecule has 0 bridgehead atoms. The molecule has 0 aliphatic carbocycles. The molecule has 4 nitrogen and oxygen atoms in total.